The highest BCUT2D eigenvalue weighted by Gasteiger charge is 2.51. The molecule has 130 valence electrons. The maximum absolute atomic E-state index is 6.13. The Balaban J connectivity index is 1.57. The van der Waals surface area contributed by atoms with Crippen LogP contribution < -0.4 is 5.46 Å². The number of hydrogen-bond acceptors (Lipinski definition) is 3. The van der Waals surface area contributed by atoms with E-state index < -0.39 is 0 Å². The highest BCUT2D eigenvalue weighted by molar-refractivity contribution is 6.62. The fraction of sp³-hybridized carbons (Fsp3) is 0.476. The lowest BCUT2D eigenvalue weighted by molar-refractivity contribution is 0.00578. The minimum absolute atomic E-state index is 0.309. The Kier molecular flexibility index (Phi) is 4.01. The van der Waals surface area contributed by atoms with Crippen LogP contribution in [0.25, 0.3) is 11.3 Å². The van der Waals surface area contributed by atoms with E-state index in [9.17, 15) is 0 Å². The molecular formula is C21H26BNO2. The molecule has 2 aliphatic rings. The molecule has 0 spiro atoms. The summed E-state index contributed by atoms with van der Waals surface area (Å²) in [5.41, 5.74) is 5.34. The van der Waals surface area contributed by atoms with Crippen molar-refractivity contribution >= 4 is 12.6 Å². The molecule has 3 nitrogen and oxygen atoms in total. The summed E-state index contributed by atoms with van der Waals surface area (Å²) >= 11 is 0. The van der Waals surface area contributed by atoms with Crippen molar-refractivity contribution in [2.75, 3.05) is 0 Å². The van der Waals surface area contributed by atoms with Crippen LogP contribution in [0.5, 0.6) is 0 Å². The van der Waals surface area contributed by atoms with Crippen LogP contribution in [0.3, 0.4) is 0 Å². The maximum atomic E-state index is 6.13. The van der Waals surface area contributed by atoms with Crippen molar-refractivity contribution in [1.29, 1.82) is 0 Å². The molecule has 0 amide bonds. The smallest absolute Gasteiger partial charge is 0.399 e. The van der Waals surface area contributed by atoms with Crippen LogP contribution in [0.15, 0.2) is 36.4 Å². The molecular weight excluding hydrogens is 309 g/mol. The van der Waals surface area contributed by atoms with Gasteiger partial charge < -0.3 is 9.31 Å². The molecule has 1 aromatic heterocycles. The van der Waals surface area contributed by atoms with Gasteiger partial charge in [0.05, 0.1) is 16.9 Å². The van der Waals surface area contributed by atoms with E-state index in [1.807, 2.05) is 0 Å². The van der Waals surface area contributed by atoms with Gasteiger partial charge in [-0.2, -0.15) is 0 Å². The second kappa shape index (κ2) is 5.96. The number of hydrogen-bond donors (Lipinski definition) is 0. The van der Waals surface area contributed by atoms with Gasteiger partial charge in [-0.1, -0.05) is 30.3 Å². The van der Waals surface area contributed by atoms with Crippen molar-refractivity contribution in [3.05, 3.63) is 47.7 Å². The van der Waals surface area contributed by atoms with Gasteiger partial charge in [0, 0.05) is 11.3 Å². The van der Waals surface area contributed by atoms with E-state index in [2.05, 4.69) is 64.1 Å². The molecule has 1 fully saturated rings. The van der Waals surface area contributed by atoms with Crippen LogP contribution in [0.1, 0.15) is 51.8 Å². The van der Waals surface area contributed by atoms with E-state index in [4.69, 9.17) is 14.3 Å². The molecule has 0 unspecified atom stereocenters. The Hall–Kier alpha value is -1.65. The molecule has 0 bridgehead atoms. The Labute approximate surface area is 150 Å². The number of fused-ring (bicyclic) bond motifs is 1. The highest BCUT2D eigenvalue weighted by atomic mass is 16.7. The summed E-state index contributed by atoms with van der Waals surface area (Å²) in [7, 11) is -0.310. The first-order valence-corrected chi connectivity index (χ1v) is 9.30. The topological polar surface area (TPSA) is 31.4 Å². The number of aryl methyl sites for hydroxylation is 2. The van der Waals surface area contributed by atoms with Gasteiger partial charge in [-0.25, -0.2) is 0 Å². The predicted octanol–water partition coefficient (Wildman–Crippen LogP) is 3.93. The van der Waals surface area contributed by atoms with Crippen molar-refractivity contribution in [2.24, 2.45) is 0 Å². The molecule has 1 aromatic carbocycles. The fourth-order valence-electron chi connectivity index (χ4n) is 3.53. The summed E-state index contributed by atoms with van der Waals surface area (Å²) in [6.45, 7) is 8.33. The molecule has 1 aliphatic heterocycles. The lowest BCUT2D eigenvalue weighted by atomic mass is 9.78. The first kappa shape index (κ1) is 16.8. The standard InChI is InChI=1S/C21H26BNO2/c1-20(2)21(3,4)25-22(24-20)17-12-9-16(10-13-17)19-14-11-15-7-5-6-8-18(15)23-19/h9-14H,5-8H2,1-4H3. The van der Waals surface area contributed by atoms with Crippen LogP contribution in [0, 0.1) is 0 Å². The zero-order valence-electron chi connectivity index (χ0n) is 15.6. The SMILES string of the molecule is CC1(C)OB(c2ccc(-c3ccc4c(n3)CCCC4)cc2)OC1(C)C. The average Bonchev–Trinajstić information content (AvgIpc) is 2.82. The summed E-state index contributed by atoms with van der Waals surface area (Å²) in [5, 5.41) is 0. The third-order valence-corrected chi connectivity index (χ3v) is 5.91. The molecule has 4 heteroatoms. The second-order valence-electron chi connectivity index (χ2n) is 8.22. The van der Waals surface area contributed by atoms with Gasteiger partial charge in [-0.3, -0.25) is 4.98 Å². The summed E-state index contributed by atoms with van der Waals surface area (Å²) in [6, 6.07) is 12.8. The summed E-state index contributed by atoms with van der Waals surface area (Å²) < 4.78 is 12.3. The van der Waals surface area contributed by atoms with E-state index in [1.54, 1.807) is 0 Å². The van der Waals surface area contributed by atoms with E-state index >= 15 is 0 Å². The van der Waals surface area contributed by atoms with E-state index in [-0.39, 0.29) is 18.3 Å². The van der Waals surface area contributed by atoms with Gasteiger partial charge in [0.1, 0.15) is 0 Å². The maximum Gasteiger partial charge on any atom is 0.494 e. The largest absolute Gasteiger partial charge is 0.494 e. The Morgan fingerprint density at radius 2 is 1.48 bits per heavy atom. The lowest BCUT2D eigenvalue weighted by Crippen LogP contribution is -2.41. The van der Waals surface area contributed by atoms with Crippen molar-refractivity contribution in [3.8, 4) is 11.3 Å². The summed E-state index contributed by atoms with van der Waals surface area (Å²) in [4.78, 5) is 4.89. The van der Waals surface area contributed by atoms with Gasteiger partial charge in [0.2, 0.25) is 0 Å². The molecule has 2 aromatic rings. The molecule has 1 saturated heterocycles. The summed E-state index contributed by atoms with van der Waals surface area (Å²) in [5.74, 6) is 0. The Morgan fingerprint density at radius 1 is 0.840 bits per heavy atom. The first-order chi connectivity index (χ1) is 11.9. The van der Waals surface area contributed by atoms with Crippen molar-refractivity contribution < 1.29 is 9.31 Å². The number of nitrogens with zero attached hydrogens (tertiary/aromatic N) is 1. The molecule has 0 radical (unpaired) electrons. The monoisotopic (exact) mass is 335 g/mol. The van der Waals surface area contributed by atoms with Gasteiger partial charge in [0.15, 0.2) is 0 Å². The van der Waals surface area contributed by atoms with Gasteiger partial charge in [-0.15, -0.1) is 0 Å². The van der Waals surface area contributed by atoms with E-state index in [0.717, 1.165) is 23.1 Å². The lowest BCUT2D eigenvalue weighted by Gasteiger charge is -2.32. The Bertz CT molecular complexity index is 767. The van der Waals surface area contributed by atoms with Crippen molar-refractivity contribution in [2.45, 2.75) is 64.6 Å². The van der Waals surface area contributed by atoms with Crippen LogP contribution in [-0.2, 0) is 22.2 Å². The van der Waals surface area contributed by atoms with Crippen LogP contribution in [-0.4, -0.2) is 23.3 Å². The minimum Gasteiger partial charge on any atom is -0.399 e. The van der Waals surface area contributed by atoms with Crippen molar-refractivity contribution in [3.63, 3.8) is 0 Å². The zero-order chi connectivity index (χ0) is 17.7. The zero-order valence-corrected chi connectivity index (χ0v) is 15.6. The molecule has 0 saturated carbocycles. The molecule has 25 heavy (non-hydrogen) atoms. The average molecular weight is 335 g/mol. The van der Waals surface area contributed by atoms with Crippen LogP contribution >= 0.6 is 0 Å². The van der Waals surface area contributed by atoms with E-state index in [0.29, 0.717) is 0 Å². The first-order valence-electron chi connectivity index (χ1n) is 9.30. The van der Waals surface area contributed by atoms with Crippen LogP contribution in [0.4, 0.5) is 0 Å². The van der Waals surface area contributed by atoms with E-state index in [1.165, 1.54) is 30.5 Å². The van der Waals surface area contributed by atoms with Crippen molar-refractivity contribution in [1.82, 2.24) is 4.98 Å². The molecule has 0 atom stereocenters. The third-order valence-electron chi connectivity index (χ3n) is 5.91. The molecule has 0 N–H and O–H groups in total. The van der Waals surface area contributed by atoms with Gasteiger partial charge >= 0.3 is 7.12 Å². The number of aromatic nitrogens is 1. The highest BCUT2D eigenvalue weighted by Crippen LogP contribution is 2.36. The Morgan fingerprint density at radius 3 is 2.16 bits per heavy atom. The quantitative estimate of drug-likeness (QED) is 0.780. The second-order valence-corrected chi connectivity index (χ2v) is 8.22. The molecule has 2 heterocycles. The molecule has 4 rings (SSSR count). The number of benzene rings is 1. The fourth-order valence-corrected chi connectivity index (χ4v) is 3.53. The normalized spacial score (nSPS) is 21.2. The summed E-state index contributed by atoms with van der Waals surface area (Å²) in [6.07, 6.45) is 4.82. The third kappa shape index (κ3) is 3.02. The molecule has 1 aliphatic carbocycles. The number of rotatable bonds is 2. The number of pyridine rings is 1. The predicted molar refractivity (Wildman–Crippen MR) is 102 cm³/mol. The van der Waals surface area contributed by atoms with Crippen LogP contribution in [0.2, 0.25) is 0 Å². The van der Waals surface area contributed by atoms with Gasteiger partial charge in [-0.05, 0) is 70.5 Å². The minimum atomic E-state index is -0.310. The van der Waals surface area contributed by atoms with Gasteiger partial charge in [0.25, 0.3) is 0 Å².